The standard InChI is InChI=1S/C15H9O/c1-2-10-4-5-12-8-9-16-13-7-6-11(3-1)14(10)15(12)13/h1-8,12H. The topological polar surface area (TPSA) is 9.23 Å². The highest BCUT2D eigenvalue weighted by atomic mass is 16.5. The van der Waals surface area contributed by atoms with Gasteiger partial charge in [0.2, 0.25) is 0 Å². The van der Waals surface area contributed by atoms with Crippen molar-refractivity contribution in [1.82, 2.24) is 0 Å². The number of rotatable bonds is 0. The molecule has 1 heteroatoms. The second-order valence-electron chi connectivity index (χ2n) is 4.19. The fourth-order valence-electron chi connectivity index (χ4n) is 2.59. The highest BCUT2D eigenvalue weighted by Gasteiger charge is 2.22. The van der Waals surface area contributed by atoms with E-state index in [1.54, 1.807) is 0 Å². The Kier molecular flexibility index (Phi) is 1.41. The van der Waals surface area contributed by atoms with Gasteiger partial charge in [0.25, 0.3) is 0 Å². The van der Waals surface area contributed by atoms with Gasteiger partial charge in [-0.1, -0.05) is 36.4 Å². The lowest BCUT2D eigenvalue weighted by Gasteiger charge is -2.23. The number of hydrogen-bond acceptors (Lipinski definition) is 1. The Morgan fingerprint density at radius 1 is 1.12 bits per heavy atom. The normalized spacial score (nSPS) is 19.9. The second-order valence-corrected chi connectivity index (χ2v) is 4.19. The van der Waals surface area contributed by atoms with Gasteiger partial charge in [-0.15, -0.1) is 0 Å². The maximum atomic E-state index is 5.45. The largest absolute Gasteiger partial charge is 0.453 e. The Bertz CT molecular complexity index is 650. The first-order valence-corrected chi connectivity index (χ1v) is 5.43. The lowest BCUT2D eigenvalue weighted by molar-refractivity contribution is 0.433. The van der Waals surface area contributed by atoms with Crippen molar-refractivity contribution in [3.63, 3.8) is 0 Å². The van der Waals surface area contributed by atoms with Gasteiger partial charge in [-0.3, -0.25) is 0 Å². The fourth-order valence-corrected chi connectivity index (χ4v) is 2.59. The highest BCUT2D eigenvalue weighted by Crippen LogP contribution is 2.42. The van der Waals surface area contributed by atoms with E-state index in [0.29, 0.717) is 5.92 Å². The molecule has 0 N–H and O–H groups in total. The molecule has 2 aromatic rings. The van der Waals surface area contributed by atoms with E-state index in [2.05, 4.69) is 42.7 Å². The average Bonchev–Trinajstić information content (AvgIpc) is 2.36. The van der Waals surface area contributed by atoms with Crippen molar-refractivity contribution in [2.45, 2.75) is 5.92 Å². The molecule has 1 atom stereocenters. The van der Waals surface area contributed by atoms with Gasteiger partial charge in [0.05, 0.1) is 0 Å². The van der Waals surface area contributed by atoms with Gasteiger partial charge >= 0.3 is 0 Å². The van der Waals surface area contributed by atoms with Crippen LogP contribution in [0.3, 0.4) is 0 Å². The zero-order chi connectivity index (χ0) is 10.5. The average molecular weight is 205 g/mol. The molecule has 1 aliphatic carbocycles. The SMILES string of the molecule is [C]1=CC2C=Cc3cccc4ccc(c2c34)O1. The molecule has 0 fully saturated rings. The van der Waals surface area contributed by atoms with Crippen LogP contribution in [0.4, 0.5) is 0 Å². The lowest BCUT2D eigenvalue weighted by atomic mass is 9.85. The summed E-state index contributed by atoms with van der Waals surface area (Å²) in [7, 11) is 0. The molecule has 75 valence electrons. The minimum absolute atomic E-state index is 0.322. The first-order valence-electron chi connectivity index (χ1n) is 5.43. The molecule has 16 heavy (non-hydrogen) atoms. The van der Waals surface area contributed by atoms with Gasteiger partial charge in [-0.25, -0.2) is 0 Å². The first-order chi connectivity index (χ1) is 7.93. The predicted molar refractivity (Wildman–Crippen MR) is 64.2 cm³/mol. The molecule has 0 spiro atoms. The maximum Gasteiger partial charge on any atom is 0.166 e. The van der Waals surface area contributed by atoms with E-state index in [4.69, 9.17) is 4.74 Å². The summed E-state index contributed by atoms with van der Waals surface area (Å²) in [6.07, 6.45) is 9.23. The molecule has 4 rings (SSSR count). The molecule has 1 aliphatic heterocycles. The molecule has 2 aromatic carbocycles. The van der Waals surface area contributed by atoms with Gasteiger partial charge in [-0.05, 0) is 28.5 Å². The Labute approximate surface area is 93.7 Å². The van der Waals surface area contributed by atoms with Crippen LogP contribution in [0.25, 0.3) is 16.8 Å². The summed E-state index contributed by atoms with van der Waals surface area (Å²) in [5.74, 6) is 1.26. The van der Waals surface area contributed by atoms with Gasteiger partial charge < -0.3 is 4.74 Å². The highest BCUT2D eigenvalue weighted by molar-refractivity contribution is 5.97. The van der Waals surface area contributed by atoms with Crippen LogP contribution in [-0.2, 0) is 0 Å². The molecule has 0 saturated carbocycles. The van der Waals surface area contributed by atoms with Crippen LogP contribution in [0.5, 0.6) is 5.75 Å². The molecule has 0 bridgehead atoms. The summed E-state index contributed by atoms with van der Waals surface area (Å²) in [5, 5.41) is 2.61. The lowest BCUT2D eigenvalue weighted by Crippen LogP contribution is -2.06. The van der Waals surface area contributed by atoms with E-state index in [0.717, 1.165) is 5.75 Å². The summed E-state index contributed by atoms with van der Waals surface area (Å²) >= 11 is 0. The van der Waals surface area contributed by atoms with Crippen molar-refractivity contribution in [2.75, 3.05) is 0 Å². The van der Waals surface area contributed by atoms with E-state index in [9.17, 15) is 0 Å². The molecule has 0 aromatic heterocycles. The van der Waals surface area contributed by atoms with Gasteiger partial charge in [0.15, 0.2) is 6.26 Å². The molecule has 0 amide bonds. The number of benzene rings is 2. The quantitative estimate of drug-likeness (QED) is 0.637. The third-order valence-corrected chi connectivity index (χ3v) is 3.31. The van der Waals surface area contributed by atoms with E-state index >= 15 is 0 Å². The summed E-state index contributed by atoms with van der Waals surface area (Å²) < 4.78 is 5.45. The van der Waals surface area contributed by atoms with Crippen LogP contribution in [-0.4, -0.2) is 0 Å². The molecule has 1 heterocycles. The summed E-state index contributed by atoms with van der Waals surface area (Å²) in [6, 6.07) is 10.5. The predicted octanol–water partition coefficient (Wildman–Crippen LogP) is 3.66. The third kappa shape index (κ3) is 0.904. The van der Waals surface area contributed by atoms with Gasteiger partial charge in [-0.2, -0.15) is 0 Å². The van der Waals surface area contributed by atoms with Crippen molar-refractivity contribution >= 4 is 16.8 Å². The fraction of sp³-hybridized carbons (Fsp3) is 0.0667. The Morgan fingerprint density at radius 2 is 2.12 bits per heavy atom. The van der Waals surface area contributed by atoms with E-state index in [-0.39, 0.29) is 0 Å². The monoisotopic (exact) mass is 205 g/mol. The van der Waals surface area contributed by atoms with Crippen molar-refractivity contribution < 1.29 is 4.74 Å². The van der Waals surface area contributed by atoms with Crippen molar-refractivity contribution in [3.05, 3.63) is 59.9 Å². The van der Waals surface area contributed by atoms with Crippen molar-refractivity contribution in [3.8, 4) is 5.75 Å². The zero-order valence-corrected chi connectivity index (χ0v) is 8.60. The minimum Gasteiger partial charge on any atom is -0.453 e. The summed E-state index contributed by atoms with van der Waals surface area (Å²) in [4.78, 5) is 0. The van der Waals surface area contributed by atoms with Crippen LogP contribution in [0, 0.1) is 6.26 Å². The van der Waals surface area contributed by atoms with Crippen LogP contribution >= 0.6 is 0 Å². The Hall–Kier alpha value is -2.02. The Morgan fingerprint density at radius 3 is 3.12 bits per heavy atom. The van der Waals surface area contributed by atoms with E-state index in [1.165, 1.54) is 21.9 Å². The summed E-state index contributed by atoms with van der Waals surface area (Å²) in [6.45, 7) is 0. The number of allylic oxidation sites excluding steroid dienone is 2. The van der Waals surface area contributed by atoms with E-state index in [1.807, 2.05) is 12.1 Å². The Balaban J connectivity index is 2.24. The molecular formula is C15H9O. The first kappa shape index (κ1) is 8.17. The van der Waals surface area contributed by atoms with Crippen molar-refractivity contribution in [1.29, 1.82) is 0 Å². The molecule has 1 nitrogen and oxygen atoms in total. The zero-order valence-electron chi connectivity index (χ0n) is 8.60. The molecule has 1 radical (unpaired) electrons. The molecule has 0 saturated heterocycles. The second kappa shape index (κ2) is 2.76. The van der Waals surface area contributed by atoms with Crippen LogP contribution in [0.1, 0.15) is 17.0 Å². The van der Waals surface area contributed by atoms with Crippen LogP contribution in [0.15, 0.2) is 42.5 Å². The third-order valence-electron chi connectivity index (χ3n) is 3.31. The summed E-state index contributed by atoms with van der Waals surface area (Å²) in [5.41, 5.74) is 2.57. The maximum absolute atomic E-state index is 5.45. The van der Waals surface area contributed by atoms with Gasteiger partial charge in [0, 0.05) is 11.5 Å². The molecule has 2 aliphatic rings. The van der Waals surface area contributed by atoms with Gasteiger partial charge in [0.1, 0.15) is 5.75 Å². The number of ether oxygens (including phenoxy) is 1. The smallest absolute Gasteiger partial charge is 0.166 e. The molecular weight excluding hydrogens is 196 g/mol. The van der Waals surface area contributed by atoms with Crippen LogP contribution in [0.2, 0.25) is 0 Å². The van der Waals surface area contributed by atoms with Crippen molar-refractivity contribution in [2.24, 2.45) is 0 Å². The minimum atomic E-state index is 0.322. The van der Waals surface area contributed by atoms with E-state index < -0.39 is 0 Å². The number of hydrogen-bond donors (Lipinski definition) is 0. The van der Waals surface area contributed by atoms with Crippen LogP contribution < -0.4 is 4.74 Å². The molecule has 1 unspecified atom stereocenters.